The van der Waals surface area contributed by atoms with Crippen LogP contribution in [0.1, 0.15) is 12.5 Å². The summed E-state index contributed by atoms with van der Waals surface area (Å²) in [5.41, 5.74) is 2.39. The molecule has 3 aromatic rings. The van der Waals surface area contributed by atoms with Gasteiger partial charge in [-0.3, -0.25) is 0 Å². The Labute approximate surface area is 167 Å². The van der Waals surface area contributed by atoms with E-state index >= 15 is 0 Å². The average molecular weight is 432 g/mol. The zero-order chi connectivity index (χ0) is 18.2. The normalized spacial score (nSPS) is 11.0. The van der Waals surface area contributed by atoms with Crippen LogP contribution < -0.4 is 0 Å². The third-order valence-electron chi connectivity index (χ3n) is 3.95. The van der Waals surface area contributed by atoms with Crippen molar-refractivity contribution in [2.24, 2.45) is 0 Å². The maximum absolute atomic E-state index is 5.45. The lowest BCUT2D eigenvalue weighted by molar-refractivity contribution is 0.164. The van der Waals surface area contributed by atoms with Gasteiger partial charge in [0, 0.05) is 28.9 Å². The van der Waals surface area contributed by atoms with Crippen LogP contribution in [0.3, 0.4) is 0 Å². The molecular weight excluding hydrogens is 410 g/mol. The molecule has 136 valence electrons. The first-order chi connectivity index (χ1) is 12.8. The van der Waals surface area contributed by atoms with Crippen molar-refractivity contribution in [3.63, 3.8) is 0 Å². The van der Waals surface area contributed by atoms with Crippen LogP contribution in [0.15, 0.2) is 64.2 Å². The quantitative estimate of drug-likeness (QED) is 0.349. The molecule has 1 heterocycles. The fraction of sp³-hybridized carbons (Fsp3) is 0.300. The second kappa shape index (κ2) is 9.90. The number of aromatic nitrogens is 3. The molecule has 2 aromatic carbocycles. The molecule has 0 aliphatic heterocycles. The first-order valence-corrected chi connectivity index (χ1v) is 10.5. The molecule has 0 atom stereocenters. The highest BCUT2D eigenvalue weighted by molar-refractivity contribution is 9.10. The number of nitrogens with zero attached hydrogens (tertiary/aromatic N) is 3. The SMILES string of the molecule is CCOCCSc1nnc(-c2ccc(Br)cc2)n1CCc1ccccc1. The van der Waals surface area contributed by atoms with Crippen LogP contribution in [0.25, 0.3) is 11.4 Å². The van der Waals surface area contributed by atoms with E-state index in [-0.39, 0.29) is 0 Å². The van der Waals surface area contributed by atoms with Crippen molar-refractivity contribution in [2.45, 2.75) is 25.0 Å². The Morgan fingerprint density at radius 1 is 1.04 bits per heavy atom. The molecule has 4 nitrogen and oxygen atoms in total. The van der Waals surface area contributed by atoms with Gasteiger partial charge in [-0.05, 0) is 31.0 Å². The molecule has 0 amide bonds. The van der Waals surface area contributed by atoms with E-state index in [0.29, 0.717) is 0 Å². The van der Waals surface area contributed by atoms with Crippen LogP contribution in [-0.4, -0.2) is 33.7 Å². The Morgan fingerprint density at radius 2 is 1.81 bits per heavy atom. The van der Waals surface area contributed by atoms with Gasteiger partial charge in [-0.2, -0.15) is 0 Å². The van der Waals surface area contributed by atoms with Gasteiger partial charge in [0.1, 0.15) is 0 Å². The summed E-state index contributed by atoms with van der Waals surface area (Å²) in [6.07, 6.45) is 0.946. The van der Waals surface area contributed by atoms with Gasteiger partial charge in [0.2, 0.25) is 0 Å². The van der Waals surface area contributed by atoms with Crippen molar-refractivity contribution in [3.8, 4) is 11.4 Å². The van der Waals surface area contributed by atoms with Gasteiger partial charge in [0.05, 0.1) is 6.61 Å². The summed E-state index contributed by atoms with van der Waals surface area (Å²) in [7, 11) is 0. The molecule has 0 spiro atoms. The minimum atomic E-state index is 0.723. The first-order valence-electron chi connectivity index (χ1n) is 8.71. The van der Waals surface area contributed by atoms with Crippen molar-refractivity contribution in [1.82, 2.24) is 14.8 Å². The van der Waals surface area contributed by atoms with Gasteiger partial charge in [-0.25, -0.2) is 0 Å². The zero-order valence-electron chi connectivity index (χ0n) is 14.8. The molecule has 26 heavy (non-hydrogen) atoms. The van der Waals surface area contributed by atoms with Gasteiger partial charge in [-0.15, -0.1) is 10.2 Å². The molecule has 0 saturated carbocycles. The Balaban J connectivity index is 1.81. The number of hydrogen-bond donors (Lipinski definition) is 0. The number of aryl methyl sites for hydroxylation is 1. The van der Waals surface area contributed by atoms with Crippen LogP contribution in [0.5, 0.6) is 0 Å². The topological polar surface area (TPSA) is 39.9 Å². The summed E-state index contributed by atoms with van der Waals surface area (Å²) in [6, 6.07) is 18.7. The lowest BCUT2D eigenvalue weighted by Crippen LogP contribution is -2.06. The largest absolute Gasteiger partial charge is 0.381 e. The molecule has 0 bridgehead atoms. The maximum atomic E-state index is 5.45. The van der Waals surface area contributed by atoms with Crippen molar-refractivity contribution in [1.29, 1.82) is 0 Å². The molecule has 0 N–H and O–H groups in total. The fourth-order valence-corrected chi connectivity index (χ4v) is 3.71. The summed E-state index contributed by atoms with van der Waals surface area (Å²) in [5.74, 6) is 1.78. The smallest absolute Gasteiger partial charge is 0.191 e. The van der Waals surface area contributed by atoms with Gasteiger partial charge >= 0.3 is 0 Å². The predicted molar refractivity (Wildman–Crippen MR) is 111 cm³/mol. The molecule has 0 aliphatic carbocycles. The Bertz CT molecular complexity index is 806. The number of rotatable bonds is 9. The highest BCUT2D eigenvalue weighted by Crippen LogP contribution is 2.25. The Morgan fingerprint density at radius 3 is 2.54 bits per heavy atom. The molecule has 3 rings (SSSR count). The highest BCUT2D eigenvalue weighted by Gasteiger charge is 2.14. The second-order valence-corrected chi connectivity index (χ2v) is 7.72. The van der Waals surface area contributed by atoms with E-state index in [4.69, 9.17) is 4.74 Å². The molecule has 6 heteroatoms. The van der Waals surface area contributed by atoms with Crippen molar-refractivity contribution < 1.29 is 4.74 Å². The molecule has 1 aromatic heterocycles. The minimum absolute atomic E-state index is 0.723. The van der Waals surface area contributed by atoms with Gasteiger partial charge in [0.25, 0.3) is 0 Å². The summed E-state index contributed by atoms with van der Waals surface area (Å²) in [4.78, 5) is 0. The van der Waals surface area contributed by atoms with Crippen LogP contribution >= 0.6 is 27.7 Å². The molecule has 0 aliphatic rings. The lowest BCUT2D eigenvalue weighted by Gasteiger charge is -2.10. The van der Waals surface area contributed by atoms with Crippen LogP contribution in [0, 0.1) is 0 Å². The second-order valence-electron chi connectivity index (χ2n) is 5.75. The van der Waals surface area contributed by atoms with E-state index in [1.54, 1.807) is 11.8 Å². The van der Waals surface area contributed by atoms with E-state index in [1.165, 1.54) is 5.56 Å². The first kappa shape index (κ1) is 19.1. The van der Waals surface area contributed by atoms with E-state index in [0.717, 1.165) is 52.9 Å². The van der Waals surface area contributed by atoms with Crippen molar-refractivity contribution in [2.75, 3.05) is 19.0 Å². The molecule has 0 unspecified atom stereocenters. The Hall–Kier alpha value is -1.63. The molecule has 0 saturated heterocycles. The van der Waals surface area contributed by atoms with Crippen LogP contribution in [-0.2, 0) is 17.7 Å². The monoisotopic (exact) mass is 431 g/mol. The van der Waals surface area contributed by atoms with Gasteiger partial charge < -0.3 is 9.30 Å². The number of halogens is 1. The number of thioether (sulfide) groups is 1. The van der Waals surface area contributed by atoms with Crippen molar-refractivity contribution in [3.05, 3.63) is 64.6 Å². The maximum Gasteiger partial charge on any atom is 0.191 e. The molecule has 0 radical (unpaired) electrons. The highest BCUT2D eigenvalue weighted by atomic mass is 79.9. The average Bonchev–Trinajstić information content (AvgIpc) is 3.08. The number of ether oxygens (including phenoxy) is 1. The number of benzene rings is 2. The van der Waals surface area contributed by atoms with Crippen LogP contribution in [0.2, 0.25) is 0 Å². The van der Waals surface area contributed by atoms with E-state index in [1.807, 2.05) is 25.1 Å². The molecular formula is C20H22BrN3OS. The number of hydrogen-bond acceptors (Lipinski definition) is 4. The van der Waals surface area contributed by atoms with Gasteiger partial charge in [-0.1, -0.05) is 70.2 Å². The van der Waals surface area contributed by atoms with Gasteiger partial charge in [0.15, 0.2) is 11.0 Å². The zero-order valence-corrected chi connectivity index (χ0v) is 17.2. The minimum Gasteiger partial charge on any atom is -0.381 e. The lowest BCUT2D eigenvalue weighted by atomic mass is 10.1. The Kier molecular flexibility index (Phi) is 7.29. The van der Waals surface area contributed by atoms with Crippen LogP contribution in [0.4, 0.5) is 0 Å². The summed E-state index contributed by atoms with van der Waals surface area (Å²) >= 11 is 5.19. The van der Waals surface area contributed by atoms with E-state index in [9.17, 15) is 0 Å². The van der Waals surface area contributed by atoms with E-state index < -0.39 is 0 Å². The van der Waals surface area contributed by atoms with Crippen molar-refractivity contribution >= 4 is 27.7 Å². The third kappa shape index (κ3) is 5.19. The summed E-state index contributed by atoms with van der Waals surface area (Å²) in [6.45, 7) is 4.32. The molecule has 0 fully saturated rings. The standard InChI is InChI=1S/C20H22BrN3OS/c1-2-25-14-15-26-20-23-22-19(17-8-10-18(21)11-9-17)24(20)13-12-16-6-4-3-5-7-16/h3-11H,2,12-15H2,1H3. The van der Waals surface area contributed by atoms with E-state index in [2.05, 4.69) is 67.1 Å². The summed E-state index contributed by atoms with van der Waals surface area (Å²) < 4.78 is 8.72. The fourth-order valence-electron chi connectivity index (χ4n) is 2.63. The summed E-state index contributed by atoms with van der Waals surface area (Å²) in [5, 5.41) is 9.84. The third-order valence-corrected chi connectivity index (χ3v) is 5.41. The predicted octanol–water partition coefficient (Wildman–Crippen LogP) is 5.08.